The highest BCUT2D eigenvalue weighted by molar-refractivity contribution is 9.10. The van der Waals surface area contributed by atoms with Crippen LogP contribution in [0.2, 0.25) is 10.0 Å². The Morgan fingerprint density at radius 1 is 1.00 bits per heavy atom. The summed E-state index contributed by atoms with van der Waals surface area (Å²) < 4.78 is 0.784. The summed E-state index contributed by atoms with van der Waals surface area (Å²) in [7, 11) is 0. The van der Waals surface area contributed by atoms with Gasteiger partial charge in [-0.3, -0.25) is 0 Å². The fourth-order valence-corrected chi connectivity index (χ4v) is 2.38. The highest BCUT2D eigenvalue weighted by Gasteiger charge is 2.07. The zero-order valence-corrected chi connectivity index (χ0v) is 12.1. The molecule has 0 atom stereocenters. The average Bonchev–Trinajstić information content (AvgIpc) is 2.33. The summed E-state index contributed by atoms with van der Waals surface area (Å²) in [6.45, 7) is 0. The summed E-state index contributed by atoms with van der Waals surface area (Å²) in [6, 6.07) is 10.1. The Morgan fingerprint density at radius 2 is 1.67 bits per heavy atom. The van der Waals surface area contributed by atoms with E-state index < -0.39 is 0 Å². The predicted octanol–water partition coefficient (Wildman–Crippen LogP) is 5.90. The lowest BCUT2D eigenvalue weighted by Crippen LogP contribution is -1.91. The summed E-state index contributed by atoms with van der Waals surface area (Å²) in [5, 5.41) is 7.16. The van der Waals surface area contributed by atoms with E-state index in [-0.39, 0.29) is 0 Å². The molecular weight excluding hydrogens is 339 g/mol. The van der Waals surface area contributed by atoms with Gasteiger partial charge in [0.2, 0.25) is 0 Å². The molecule has 2 rings (SSSR count). The molecule has 0 aliphatic carbocycles. The van der Waals surface area contributed by atoms with Gasteiger partial charge < -0.3 is 5.32 Å². The lowest BCUT2D eigenvalue weighted by atomic mass is 10.2. The highest BCUT2D eigenvalue weighted by atomic mass is 79.9. The van der Waals surface area contributed by atoms with Crippen LogP contribution in [0.3, 0.4) is 0 Å². The summed E-state index contributed by atoms with van der Waals surface area (Å²) in [5.41, 5.74) is 1.60. The third-order valence-corrected chi connectivity index (χ3v) is 3.38. The van der Waals surface area contributed by atoms with E-state index in [4.69, 9.17) is 23.2 Å². The van der Waals surface area contributed by atoms with Crippen LogP contribution < -0.4 is 5.32 Å². The van der Waals surface area contributed by atoms with E-state index in [1.165, 1.54) is 0 Å². The van der Waals surface area contributed by atoms with Crippen LogP contribution in [0.1, 0.15) is 0 Å². The molecule has 0 aliphatic rings. The normalized spacial score (nSPS) is 10.2. The van der Waals surface area contributed by atoms with E-state index >= 15 is 0 Å². The second-order valence-electron chi connectivity index (χ2n) is 3.50. The van der Waals surface area contributed by atoms with Crippen LogP contribution in [0.25, 0.3) is 0 Å². The van der Waals surface area contributed by atoms with Gasteiger partial charge in [-0.2, -0.15) is 0 Å². The van der Waals surface area contributed by atoms with E-state index in [1.54, 1.807) is 36.4 Å². The smallest absolute Gasteiger partial charge is 0.131 e. The van der Waals surface area contributed by atoms with Crippen molar-refractivity contribution >= 4 is 56.2 Å². The number of nitroso groups, excluding NO2 is 1. The van der Waals surface area contributed by atoms with Gasteiger partial charge >= 0.3 is 0 Å². The molecule has 18 heavy (non-hydrogen) atoms. The van der Waals surface area contributed by atoms with Gasteiger partial charge in [0.15, 0.2) is 0 Å². The van der Waals surface area contributed by atoms with Crippen molar-refractivity contribution in [1.82, 2.24) is 0 Å². The van der Waals surface area contributed by atoms with Crippen LogP contribution in [0, 0.1) is 4.91 Å². The maximum atomic E-state index is 10.7. The van der Waals surface area contributed by atoms with Gasteiger partial charge in [-0.05, 0) is 57.5 Å². The molecule has 0 aliphatic heterocycles. The quantitative estimate of drug-likeness (QED) is 0.704. The molecule has 92 valence electrons. The van der Waals surface area contributed by atoms with Crippen molar-refractivity contribution in [2.75, 3.05) is 5.32 Å². The fraction of sp³-hybridized carbons (Fsp3) is 0. The number of anilines is 2. The second-order valence-corrected chi connectivity index (χ2v) is 5.23. The van der Waals surface area contributed by atoms with Gasteiger partial charge in [-0.1, -0.05) is 23.2 Å². The molecule has 0 amide bonds. The Labute approximate surface area is 122 Å². The molecule has 0 unspecified atom stereocenters. The Kier molecular flexibility index (Phi) is 4.22. The topological polar surface area (TPSA) is 41.5 Å². The van der Waals surface area contributed by atoms with Gasteiger partial charge in [-0.15, -0.1) is 4.91 Å². The van der Waals surface area contributed by atoms with Crippen molar-refractivity contribution in [2.45, 2.75) is 0 Å². The van der Waals surface area contributed by atoms with Gasteiger partial charge in [0, 0.05) is 14.5 Å². The average molecular weight is 346 g/mol. The molecule has 0 saturated carbocycles. The third-order valence-electron chi connectivity index (χ3n) is 2.26. The lowest BCUT2D eigenvalue weighted by Gasteiger charge is -2.10. The fourth-order valence-electron chi connectivity index (χ4n) is 1.42. The van der Waals surface area contributed by atoms with E-state index in [0.717, 1.165) is 10.2 Å². The maximum Gasteiger partial charge on any atom is 0.131 e. The molecule has 0 spiro atoms. The van der Waals surface area contributed by atoms with Crippen molar-refractivity contribution in [3.63, 3.8) is 0 Å². The minimum Gasteiger partial charge on any atom is -0.353 e. The minimum atomic E-state index is 0.293. The largest absolute Gasteiger partial charge is 0.353 e. The van der Waals surface area contributed by atoms with Crippen molar-refractivity contribution in [1.29, 1.82) is 0 Å². The number of nitrogens with one attached hydrogen (secondary N) is 1. The number of hydrogen-bond acceptors (Lipinski definition) is 3. The molecule has 6 heteroatoms. The van der Waals surface area contributed by atoms with Crippen LogP contribution in [0.15, 0.2) is 46.0 Å². The first-order valence-electron chi connectivity index (χ1n) is 4.95. The van der Waals surface area contributed by atoms with Crippen LogP contribution >= 0.6 is 39.1 Å². The van der Waals surface area contributed by atoms with E-state index in [2.05, 4.69) is 26.4 Å². The van der Waals surface area contributed by atoms with Crippen LogP contribution in [-0.2, 0) is 0 Å². The highest BCUT2D eigenvalue weighted by Crippen LogP contribution is 2.34. The van der Waals surface area contributed by atoms with Gasteiger partial charge in [0.05, 0.1) is 11.4 Å². The molecule has 2 aromatic rings. The first kappa shape index (κ1) is 13.3. The van der Waals surface area contributed by atoms with E-state index in [1.807, 2.05) is 0 Å². The zero-order chi connectivity index (χ0) is 13.1. The second kappa shape index (κ2) is 5.69. The SMILES string of the molecule is O=Nc1ccc(Cl)cc1Nc1ccc(Cl)cc1Br. The maximum absolute atomic E-state index is 10.7. The van der Waals surface area contributed by atoms with Crippen LogP contribution in [0.5, 0.6) is 0 Å². The number of benzene rings is 2. The van der Waals surface area contributed by atoms with Crippen molar-refractivity contribution in [3.8, 4) is 0 Å². The summed E-state index contributed by atoms with van der Waals surface area (Å²) in [5.74, 6) is 0. The third kappa shape index (κ3) is 3.02. The molecule has 0 bridgehead atoms. The monoisotopic (exact) mass is 344 g/mol. The number of rotatable bonds is 3. The first-order valence-corrected chi connectivity index (χ1v) is 6.50. The molecule has 0 aromatic heterocycles. The Balaban J connectivity index is 2.39. The van der Waals surface area contributed by atoms with E-state index in [0.29, 0.717) is 21.4 Å². The van der Waals surface area contributed by atoms with Gasteiger partial charge in [0.25, 0.3) is 0 Å². The molecule has 0 radical (unpaired) electrons. The molecule has 1 N–H and O–H groups in total. The summed E-state index contributed by atoms with van der Waals surface area (Å²) in [6.07, 6.45) is 0. The Morgan fingerprint density at radius 3 is 2.33 bits per heavy atom. The van der Waals surface area contributed by atoms with Crippen LogP contribution in [-0.4, -0.2) is 0 Å². The number of halogens is 3. The molecule has 0 fully saturated rings. The molecule has 0 saturated heterocycles. The zero-order valence-electron chi connectivity index (χ0n) is 8.95. The molecular formula is C12H7BrCl2N2O. The predicted molar refractivity (Wildman–Crippen MR) is 79.3 cm³/mol. The molecule has 2 aromatic carbocycles. The standard InChI is InChI=1S/C12H7BrCl2N2O/c13-9-5-7(14)1-3-10(9)16-12-6-8(15)2-4-11(12)17-18/h1-6,16H. The van der Waals surface area contributed by atoms with Gasteiger partial charge in [0.1, 0.15) is 5.69 Å². The van der Waals surface area contributed by atoms with Crippen LogP contribution in [0.4, 0.5) is 17.1 Å². The van der Waals surface area contributed by atoms with Crippen molar-refractivity contribution in [3.05, 3.63) is 55.8 Å². The minimum absolute atomic E-state index is 0.293. The van der Waals surface area contributed by atoms with Gasteiger partial charge in [-0.25, -0.2) is 0 Å². The number of nitrogens with zero attached hydrogens (tertiary/aromatic N) is 1. The Hall–Kier alpha value is -1.10. The first-order chi connectivity index (χ1) is 8.60. The lowest BCUT2D eigenvalue weighted by molar-refractivity contribution is 1.45. The number of hydrogen-bond donors (Lipinski definition) is 1. The summed E-state index contributed by atoms with van der Waals surface area (Å²) >= 11 is 15.1. The summed E-state index contributed by atoms with van der Waals surface area (Å²) in [4.78, 5) is 10.7. The van der Waals surface area contributed by atoms with Crippen molar-refractivity contribution in [2.24, 2.45) is 5.18 Å². The van der Waals surface area contributed by atoms with E-state index in [9.17, 15) is 4.91 Å². The Bertz CT molecular complexity index is 605. The molecule has 0 heterocycles. The van der Waals surface area contributed by atoms with Crippen molar-refractivity contribution < 1.29 is 0 Å². The molecule has 3 nitrogen and oxygen atoms in total.